The number of benzene rings is 19. The third kappa shape index (κ3) is 16.6. The Hall–Kier alpha value is -18.9. The molecule has 0 spiro atoms. The average Bonchev–Trinajstić information content (AvgIpc) is 1.72. The molecule has 1 aliphatic carbocycles. The molecule has 0 fully saturated rings. The summed E-state index contributed by atoms with van der Waals surface area (Å²) >= 11 is 0. The lowest BCUT2D eigenvalue weighted by Gasteiger charge is -2.21. The SMILES string of the molecule is C1=CC(c2nc3ccccc3n2-c2ccccc2)CC=C1c1ccc2c(-c3ccc4ccccc4c3)c3ccccc3c(-c3ccc4ccccc4c3)c2c1.c1ccc(-c2ccc3c(-c4ccc(-c5ccccn5)nc4)c4ccccc4c(-c4ccc(-c5ccccn5)nc4)c3c2)cc1.c1ccc(-c2ccc3c(-c4cccc(-c5ccncc5)c4)c4ccccc4c(-c4cccc(-c5ccncc5)c4)c3c2)cc1. The van der Waals surface area contributed by atoms with E-state index in [4.69, 9.17) is 15.0 Å². The van der Waals surface area contributed by atoms with Crippen LogP contribution in [0.1, 0.15) is 23.7 Å². The second-order valence-electron chi connectivity index (χ2n) is 36.4. The topological polar surface area (TPSA) is 95.2 Å². The maximum atomic E-state index is 5.19. The second-order valence-corrected chi connectivity index (χ2v) is 36.4. The van der Waals surface area contributed by atoms with Crippen LogP contribution in [-0.2, 0) is 0 Å². The van der Waals surface area contributed by atoms with Crippen molar-refractivity contribution < 1.29 is 0 Å². The number of para-hydroxylation sites is 3. The molecule has 0 amide bonds. The fourth-order valence-corrected chi connectivity index (χ4v) is 21.3. The molecule has 0 radical (unpaired) electrons. The predicted molar refractivity (Wildman–Crippen MR) is 597 cm³/mol. The second kappa shape index (κ2) is 37.9. The van der Waals surface area contributed by atoms with Gasteiger partial charge in [-0.15, -0.1) is 0 Å². The number of allylic oxidation sites excluding steroid dienone is 4. The van der Waals surface area contributed by atoms with Gasteiger partial charge in [0, 0.05) is 72.3 Å². The molecule has 0 bridgehead atoms. The molecule has 670 valence electrons. The van der Waals surface area contributed by atoms with Crippen molar-refractivity contribution in [2.75, 3.05) is 0 Å². The van der Waals surface area contributed by atoms with Crippen molar-refractivity contribution in [3.05, 3.63) is 540 Å². The largest absolute Gasteiger partial charge is 0.296 e. The van der Waals surface area contributed by atoms with Crippen LogP contribution in [-0.4, -0.2) is 39.5 Å². The van der Waals surface area contributed by atoms with Crippen LogP contribution in [0.4, 0.5) is 0 Å². The number of nitrogens with zero attached hydrogens (tertiary/aromatic N) is 8. The minimum atomic E-state index is 0.161. The first-order valence-electron chi connectivity index (χ1n) is 48.7. The third-order valence-electron chi connectivity index (χ3n) is 28.0. The number of pyridine rings is 6. The molecule has 7 heterocycles. The molecule has 19 aromatic carbocycles. The van der Waals surface area contributed by atoms with E-state index < -0.39 is 0 Å². The fourth-order valence-electron chi connectivity index (χ4n) is 21.3. The van der Waals surface area contributed by atoms with Gasteiger partial charge in [-0.05, 0) is 331 Å². The monoisotopic (exact) mass is 1820 g/mol. The molecular weight excluding hydrogens is 1730 g/mol. The number of rotatable bonds is 15. The van der Waals surface area contributed by atoms with Crippen LogP contribution in [0, 0.1) is 0 Å². The van der Waals surface area contributed by atoms with Crippen LogP contribution in [0.15, 0.2) is 529 Å². The van der Waals surface area contributed by atoms with Gasteiger partial charge in [0.1, 0.15) is 5.82 Å². The molecular formula is C135H90N8. The van der Waals surface area contributed by atoms with Crippen LogP contribution >= 0.6 is 0 Å². The van der Waals surface area contributed by atoms with Crippen LogP contribution < -0.4 is 0 Å². The Bertz CT molecular complexity index is 9380. The standard InChI is InChI=1S/C53H36N2.C42H28N2.C40H26N4/c1-2-16-44(17-3-1)55-50-21-11-10-20-49(50)54-53(55)38-26-22-37(23-27-38)41-30-31-47-48(34-41)52(43-29-25-36-13-5-7-15-40(36)33-43)46-19-9-8-18-45(46)51(47)42-28-24-35-12-4-6-14-39(35)32-42;1-2-8-29(9-3-1)34-16-17-39-40(28-34)42(36-13-7-11-33(27-36)31-20-24-44-25-21-31)38-15-5-4-14-37(38)41(39)35-12-6-10-32(26-35)30-18-22-43-23-19-30;1-2-10-27(11-3-1)28-16-19-33-34(24-28)40(30-18-21-38(44-26-30)36-15-7-9-23-42-36)32-13-5-4-12-31(32)39(33)29-17-20-37(43-25-29)35-14-6-8-22-41-35/h1-26,28-34,38H,27H2;1-28H;1-26H. The molecule has 7 aromatic heterocycles. The quantitative estimate of drug-likeness (QED) is 0.0944. The van der Waals surface area contributed by atoms with Crippen LogP contribution in [0.5, 0.6) is 0 Å². The smallest absolute Gasteiger partial charge is 0.121 e. The van der Waals surface area contributed by atoms with Gasteiger partial charge in [0.15, 0.2) is 0 Å². The molecule has 27 rings (SSSR count). The lowest BCUT2D eigenvalue weighted by atomic mass is 9.83. The molecule has 0 saturated carbocycles. The maximum Gasteiger partial charge on any atom is 0.121 e. The van der Waals surface area contributed by atoms with Crippen molar-refractivity contribution in [1.29, 1.82) is 0 Å². The van der Waals surface area contributed by atoms with E-state index in [0.29, 0.717) is 0 Å². The molecule has 26 aromatic rings. The highest BCUT2D eigenvalue weighted by molar-refractivity contribution is 6.26. The lowest BCUT2D eigenvalue weighted by molar-refractivity contribution is 0.760. The van der Waals surface area contributed by atoms with Crippen LogP contribution in [0.3, 0.4) is 0 Å². The van der Waals surface area contributed by atoms with Crippen molar-refractivity contribution in [2.24, 2.45) is 0 Å². The van der Waals surface area contributed by atoms with E-state index in [2.05, 4.69) is 467 Å². The summed E-state index contributed by atoms with van der Waals surface area (Å²) < 4.78 is 2.33. The van der Waals surface area contributed by atoms with E-state index in [1.807, 2.05) is 73.6 Å². The van der Waals surface area contributed by atoms with Crippen molar-refractivity contribution in [2.45, 2.75) is 12.3 Å². The molecule has 0 N–H and O–H groups in total. The van der Waals surface area contributed by atoms with Crippen LogP contribution in [0.2, 0.25) is 0 Å². The third-order valence-corrected chi connectivity index (χ3v) is 28.0. The highest BCUT2D eigenvalue weighted by atomic mass is 15.1. The van der Waals surface area contributed by atoms with E-state index in [0.717, 1.165) is 85.1 Å². The Labute approximate surface area is 828 Å². The zero-order valence-electron chi connectivity index (χ0n) is 78.1. The van der Waals surface area contributed by atoms with Gasteiger partial charge in [-0.2, -0.15) is 0 Å². The number of hydrogen-bond donors (Lipinski definition) is 0. The molecule has 1 atom stereocenters. The summed E-state index contributed by atoms with van der Waals surface area (Å²) in [4.78, 5) is 32.3. The fraction of sp³-hybridized carbons (Fsp3) is 0.0148. The summed E-state index contributed by atoms with van der Waals surface area (Å²) in [6.07, 6.45) is 22.9. The van der Waals surface area contributed by atoms with Gasteiger partial charge >= 0.3 is 0 Å². The number of hydrogen-bond acceptors (Lipinski definition) is 7. The highest BCUT2D eigenvalue weighted by Gasteiger charge is 2.27. The number of aromatic nitrogens is 8. The highest BCUT2D eigenvalue weighted by Crippen LogP contribution is 2.51. The van der Waals surface area contributed by atoms with Gasteiger partial charge in [-0.3, -0.25) is 34.5 Å². The van der Waals surface area contributed by atoms with Gasteiger partial charge in [0.05, 0.1) is 33.8 Å². The number of imidazole rings is 1. The van der Waals surface area contributed by atoms with Crippen molar-refractivity contribution in [3.8, 4) is 140 Å². The Kier molecular flexibility index (Phi) is 22.7. The van der Waals surface area contributed by atoms with Crippen molar-refractivity contribution in [1.82, 2.24) is 39.5 Å². The Morgan fingerprint density at radius 3 is 0.986 bits per heavy atom. The Balaban J connectivity index is 0.000000114. The first-order valence-corrected chi connectivity index (χ1v) is 48.7. The van der Waals surface area contributed by atoms with Gasteiger partial charge in [-0.1, -0.05) is 352 Å². The summed E-state index contributed by atoms with van der Waals surface area (Å²) in [5.41, 5.74) is 33.0. The predicted octanol–water partition coefficient (Wildman–Crippen LogP) is 35.1. The van der Waals surface area contributed by atoms with Crippen LogP contribution in [0.25, 0.3) is 243 Å². The van der Waals surface area contributed by atoms with E-state index in [1.54, 1.807) is 12.4 Å². The summed E-state index contributed by atoms with van der Waals surface area (Å²) in [5, 5.41) is 19.7. The minimum Gasteiger partial charge on any atom is -0.296 e. The summed E-state index contributed by atoms with van der Waals surface area (Å²) in [5.74, 6) is 1.23. The van der Waals surface area contributed by atoms with Gasteiger partial charge in [-0.25, -0.2) is 4.98 Å². The zero-order valence-corrected chi connectivity index (χ0v) is 78.1. The summed E-state index contributed by atoms with van der Waals surface area (Å²) in [6, 6.07) is 165. The molecule has 0 saturated heterocycles. The van der Waals surface area contributed by atoms with Crippen molar-refractivity contribution >= 4 is 103 Å². The molecule has 1 aliphatic rings. The van der Waals surface area contributed by atoms with Gasteiger partial charge < -0.3 is 0 Å². The molecule has 8 nitrogen and oxygen atoms in total. The summed E-state index contributed by atoms with van der Waals surface area (Å²) in [6.45, 7) is 0. The van der Waals surface area contributed by atoms with E-state index in [-0.39, 0.29) is 5.92 Å². The first-order chi connectivity index (χ1) is 70.9. The Morgan fingerprint density at radius 1 is 0.210 bits per heavy atom. The van der Waals surface area contributed by atoms with Gasteiger partial charge in [0.25, 0.3) is 0 Å². The van der Waals surface area contributed by atoms with Crippen molar-refractivity contribution in [3.63, 3.8) is 0 Å². The Morgan fingerprint density at radius 2 is 0.545 bits per heavy atom. The molecule has 8 heteroatoms. The van der Waals surface area contributed by atoms with E-state index >= 15 is 0 Å². The molecule has 1 unspecified atom stereocenters. The lowest BCUT2D eigenvalue weighted by Crippen LogP contribution is -2.07. The van der Waals surface area contributed by atoms with Gasteiger partial charge in [0.2, 0.25) is 0 Å². The number of fused-ring (bicyclic) bond motifs is 9. The van der Waals surface area contributed by atoms with E-state index in [1.165, 1.54) is 175 Å². The normalized spacial score (nSPS) is 12.4. The average molecular weight is 1820 g/mol. The molecule has 143 heavy (non-hydrogen) atoms. The first kappa shape index (κ1) is 85.7. The maximum absolute atomic E-state index is 5.19. The molecule has 0 aliphatic heterocycles. The van der Waals surface area contributed by atoms with E-state index in [9.17, 15) is 0 Å². The zero-order chi connectivity index (χ0) is 94.9. The minimum absolute atomic E-state index is 0.161. The summed E-state index contributed by atoms with van der Waals surface area (Å²) in [7, 11) is 0.